The van der Waals surface area contributed by atoms with Gasteiger partial charge < -0.3 is 9.47 Å². The van der Waals surface area contributed by atoms with E-state index in [0.29, 0.717) is 17.8 Å². The predicted octanol–water partition coefficient (Wildman–Crippen LogP) is 3.77. The molecule has 4 amide bonds. The number of anilines is 2. The average Bonchev–Trinajstić information content (AvgIpc) is 3.25. The number of rotatable bonds is 5. The van der Waals surface area contributed by atoms with Gasteiger partial charge in [0.25, 0.3) is 11.8 Å². The third kappa shape index (κ3) is 3.80. The van der Waals surface area contributed by atoms with Gasteiger partial charge in [-0.15, -0.1) is 0 Å². The van der Waals surface area contributed by atoms with E-state index in [1.54, 1.807) is 12.1 Å². The molecule has 7 heteroatoms. The molecule has 2 aromatic carbocycles. The molecule has 1 N–H and O–H groups in total. The van der Waals surface area contributed by atoms with E-state index in [1.165, 1.54) is 6.08 Å². The number of amides is 4. The first kappa shape index (κ1) is 21.1. The molecule has 0 atom stereocenters. The van der Waals surface area contributed by atoms with Crippen molar-refractivity contribution in [2.45, 2.75) is 13.3 Å². The Morgan fingerprint density at radius 1 is 0.938 bits per heavy atom. The monoisotopic (exact) mass is 428 g/mol. The van der Waals surface area contributed by atoms with Crippen molar-refractivity contribution < 1.29 is 14.4 Å². The molecule has 32 heavy (non-hydrogen) atoms. The first-order valence-corrected chi connectivity index (χ1v) is 10.3. The van der Waals surface area contributed by atoms with Crippen LogP contribution in [-0.4, -0.2) is 36.5 Å². The molecule has 0 spiro atoms. The van der Waals surface area contributed by atoms with Crippen LogP contribution in [0.4, 0.5) is 16.2 Å². The summed E-state index contributed by atoms with van der Waals surface area (Å²) in [6, 6.07) is 18.0. The minimum absolute atomic E-state index is 0.0969. The number of aryl methyl sites for hydroxylation is 1. The zero-order valence-corrected chi connectivity index (χ0v) is 18.2. The molecule has 1 fully saturated rings. The highest BCUT2D eigenvalue weighted by atomic mass is 16.2. The van der Waals surface area contributed by atoms with Crippen molar-refractivity contribution in [2.24, 2.45) is 0 Å². The van der Waals surface area contributed by atoms with Gasteiger partial charge in [-0.05, 0) is 60.5 Å². The van der Waals surface area contributed by atoms with Gasteiger partial charge >= 0.3 is 6.03 Å². The second-order valence-electron chi connectivity index (χ2n) is 7.65. The van der Waals surface area contributed by atoms with Gasteiger partial charge in [0.2, 0.25) is 0 Å². The van der Waals surface area contributed by atoms with E-state index in [-0.39, 0.29) is 5.57 Å². The van der Waals surface area contributed by atoms with Gasteiger partial charge in [-0.1, -0.05) is 25.1 Å². The van der Waals surface area contributed by atoms with Crippen LogP contribution in [0.25, 0.3) is 11.8 Å². The molecule has 0 bridgehead atoms. The molecule has 1 aliphatic rings. The number of urea groups is 1. The summed E-state index contributed by atoms with van der Waals surface area (Å²) in [5.41, 5.74) is 3.82. The third-order valence-electron chi connectivity index (χ3n) is 5.43. The maximum atomic E-state index is 13.3. The largest absolute Gasteiger partial charge is 0.378 e. The molecule has 7 nitrogen and oxygen atoms in total. The molecule has 0 aliphatic carbocycles. The zero-order valence-electron chi connectivity index (χ0n) is 18.2. The van der Waals surface area contributed by atoms with Crippen LogP contribution in [0, 0.1) is 0 Å². The average molecular weight is 428 g/mol. The number of aromatic nitrogens is 1. The first-order chi connectivity index (χ1) is 15.4. The number of para-hydroxylation sites is 1. The molecular formula is C25H24N4O3. The zero-order chi connectivity index (χ0) is 22.8. The van der Waals surface area contributed by atoms with Crippen molar-refractivity contribution in [1.82, 2.24) is 9.88 Å². The van der Waals surface area contributed by atoms with Crippen LogP contribution in [0.15, 0.2) is 72.4 Å². The molecule has 0 unspecified atom stereocenters. The molecular weight excluding hydrogens is 404 g/mol. The molecule has 1 aromatic heterocycles. The Balaban J connectivity index is 1.73. The summed E-state index contributed by atoms with van der Waals surface area (Å²) in [6.07, 6.45) is 4.02. The van der Waals surface area contributed by atoms with Crippen molar-refractivity contribution in [3.63, 3.8) is 0 Å². The van der Waals surface area contributed by atoms with Gasteiger partial charge in [0.1, 0.15) is 5.57 Å². The van der Waals surface area contributed by atoms with E-state index in [2.05, 4.69) is 5.32 Å². The second kappa shape index (κ2) is 8.55. The summed E-state index contributed by atoms with van der Waals surface area (Å²) >= 11 is 0. The number of hydrogen-bond donors (Lipinski definition) is 1. The normalized spacial score (nSPS) is 15.3. The van der Waals surface area contributed by atoms with Gasteiger partial charge in [-0.3, -0.25) is 14.9 Å². The number of benzene rings is 2. The predicted molar refractivity (Wildman–Crippen MR) is 125 cm³/mol. The Morgan fingerprint density at radius 2 is 1.66 bits per heavy atom. The van der Waals surface area contributed by atoms with E-state index in [1.807, 2.05) is 85.2 Å². The van der Waals surface area contributed by atoms with E-state index in [4.69, 9.17) is 0 Å². The molecule has 3 aromatic rings. The Morgan fingerprint density at radius 3 is 2.34 bits per heavy atom. The maximum Gasteiger partial charge on any atom is 0.335 e. The standard InChI is InChI=1S/C25H24N4O3/c1-4-17-8-5-6-10-22(17)29-24(31)21(23(30)26-25(29)32)16-20-9-7-15-28(20)19-13-11-18(12-14-19)27(2)3/h5-16H,4H2,1-3H3,(H,26,30,32)/b21-16+. The molecule has 4 rings (SSSR count). The molecule has 1 aliphatic heterocycles. The summed E-state index contributed by atoms with van der Waals surface area (Å²) in [6.45, 7) is 1.95. The van der Waals surface area contributed by atoms with Crippen molar-refractivity contribution >= 4 is 35.3 Å². The van der Waals surface area contributed by atoms with E-state index in [0.717, 1.165) is 21.8 Å². The van der Waals surface area contributed by atoms with Crippen LogP contribution < -0.4 is 15.1 Å². The van der Waals surface area contributed by atoms with Crippen LogP contribution >= 0.6 is 0 Å². The van der Waals surface area contributed by atoms with Gasteiger partial charge in [-0.2, -0.15) is 0 Å². The highest BCUT2D eigenvalue weighted by Gasteiger charge is 2.37. The third-order valence-corrected chi connectivity index (χ3v) is 5.43. The number of nitrogens with zero attached hydrogens (tertiary/aromatic N) is 3. The van der Waals surface area contributed by atoms with Crippen LogP contribution in [0.2, 0.25) is 0 Å². The fourth-order valence-corrected chi connectivity index (χ4v) is 3.71. The Hall–Kier alpha value is -4.13. The minimum Gasteiger partial charge on any atom is -0.378 e. The number of carbonyl (C=O) groups is 3. The summed E-state index contributed by atoms with van der Waals surface area (Å²) < 4.78 is 1.88. The van der Waals surface area contributed by atoms with Gasteiger partial charge in [0.05, 0.1) is 5.69 Å². The number of barbiturate groups is 1. The molecule has 1 saturated heterocycles. The van der Waals surface area contributed by atoms with Crippen LogP contribution in [0.5, 0.6) is 0 Å². The lowest BCUT2D eigenvalue weighted by molar-refractivity contribution is -0.122. The lowest BCUT2D eigenvalue weighted by atomic mass is 10.1. The summed E-state index contributed by atoms with van der Waals surface area (Å²) in [4.78, 5) is 41.4. The number of imide groups is 2. The highest BCUT2D eigenvalue weighted by Crippen LogP contribution is 2.26. The van der Waals surface area contributed by atoms with E-state index in [9.17, 15) is 14.4 Å². The van der Waals surface area contributed by atoms with Crippen LogP contribution in [0.3, 0.4) is 0 Å². The summed E-state index contributed by atoms with van der Waals surface area (Å²) in [7, 11) is 3.94. The quantitative estimate of drug-likeness (QED) is 0.496. The number of hydrogen-bond acceptors (Lipinski definition) is 4. The van der Waals surface area contributed by atoms with Crippen molar-refractivity contribution in [3.8, 4) is 5.69 Å². The summed E-state index contributed by atoms with van der Waals surface area (Å²) in [5, 5.41) is 2.30. The van der Waals surface area contributed by atoms with Crippen molar-refractivity contribution in [2.75, 3.05) is 23.9 Å². The highest BCUT2D eigenvalue weighted by molar-refractivity contribution is 6.39. The van der Waals surface area contributed by atoms with E-state index < -0.39 is 17.8 Å². The lowest BCUT2D eigenvalue weighted by Crippen LogP contribution is -2.54. The van der Waals surface area contributed by atoms with E-state index >= 15 is 0 Å². The molecule has 2 heterocycles. The Bertz CT molecular complexity index is 1220. The van der Waals surface area contributed by atoms with Gasteiger partial charge in [0, 0.05) is 37.4 Å². The number of carbonyl (C=O) groups excluding carboxylic acids is 3. The molecule has 162 valence electrons. The fourth-order valence-electron chi connectivity index (χ4n) is 3.71. The van der Waals surface area contributed by atoms with Crippen LogP contribution in [-0.2, 0) is 16.0 Å². The van der Waals surface area contributed by atoms with Gasteiger partial charge in [-0.25, -0.2) is 9.69 Å². The Labute approximate surface area is 186 Å². The maximum absolute atomic E-state index is 13.3. The lowest BCUT2D eigenvalue weighted by Gasteiger charge is -2.28. The second-order valence-corrected chi connectivity index (χ2v) is 7.65. The van der Waals surface area contributed by atoms with Crippen molar-refractivity contribution in [3.05, 3.63) is 83.7 Å². The molecule has 0 saturated carbocycles. The molecule has 0 radical (unpaired) electrons. The van der Waals surface area contributed by atoms with Crippen molar-refractivity contribution in [1.29, 1.82) is 0 Å². The van der Waals surface area contributed by atoms with Gasteiger partial charge in [0.15, 0.2) is 0 Å². The minimum atomic E-state index is -0.743. The Kier molecular flexibility index (Phi) is 5.64. The van der Waals surface area contributed by atoms with Crippen LogP contribution in [0.1, 0.15) is 18.2 Å². The fraction of sp³-hybridized carbons (Fsp3) is 0.160. The summed E-state index contributed by atoms with van der Waals surface area (Å²) in [5.74, 6) is -1.35. The topological polar surface area (TPSA) is 74.7 Å². The first-order valence-electron chi connectivity index (χ1n) is 10.3. The number of nitrogens with one attached hydrogen (secondary N) is 1. The smallest absolute Gasteiger partial charge is 0.335 e. The SMILES string of the molecule is CCc1ccccc1N1C(=O)NC(=O)/C(=C\c2cccn2-c2ccc(N(C)C)cc2)C1=O.